The second-order valence-corrected chi connectivity index (χ2v) is 6.38. The van der Waals surface area contributed by atoms with Crippen LogP contribution in [-0.4, -0.2) is 17.0 Å². The van der Waals surface area contributed by atoms with Gasteiger partial charge in [-0.3, -0.25) is 4.90 Å². The number of fused-ring (bicyclic) bond motifs is 2. The summed E-state index contributed by atoms with van der Waals surface area (Å²) in [4.78, 5) is 5.72. The second kappa shape index (κ2) is 5.70. The first-order valence-corrected chi connectivity index (χ1v) is 8.07. The maximum atomic E-state index is 9.08. The summed E-state index contributed by atoms with van der Waals surface area (Å²) < 4.78 is 5.64. The molecule has 0 saturated heterocycles. The largest absolute Gasteiger partial charge is 0.496 e. The molecule has 24 heavy (non-hydrogen) atoms. The van der Waals surface area contributed by atoms with Crippen LogP contribution in [0.25, 0.3) is 10.9 Å². The van der Waals surface area contributed by atoms with Crippen LogP contribution < -0.4 is 4.74 Å². The summed E-state index contributed by atoms with van der Waals surface area (Å²) in [6, 6.07) is 12.4. The third kappa shape index (κ3) is 2.34. The first-order valence-electron chi connectivity index (χ1n) is 8.07. The summed E-state index contributed by atoms with van der Waals surface area (Å²) in [5.74, 6) is 0.938. The predicted octanol–water partition coefficient (Wildman–Crippen LogP) is 3.87. The van der Waals surface area contributed by atoms with E-state index in [0.717, 1.165) is 30.9 Å². The van der Waals surface area contributed by atoms with Gasteiger partial charge >= 0.3 is 0 Å². The Hall–Kier alpha value is -2.77. The molecule has 2 heterocycles. The maximum absolute atomic E-state index is 9.08. The molecule has 4 nitrogen and oxygen atoms in total. The van der Waals surface area contributed by atoms with Gasteiger partial charge in [0.1, 0.15) is 5.75 Å². The lowest BCUT2D eigenvalue weighted by Gasteiger charge is -2.19. The van der Waals surface area contributed by atoms with Crippen molar-refractivity contribution < 1.29 is 4.74 Å². The first kappa shape index (κ1) is 14.8. The molecule has 1 aliphatic rings. The van der Waals surface area contributed by atoms with Crippen molar-refractivity contribution in [2.75, 3.05) is 7.11 Å². The Morgan fingerprint density at radius 2 is 2.04 bits per heavy atom. The van der Waals surface area contributed by atoms with Crippen molar-refractivity contribution in [3.05, 3.63) is 64.3 Å². The quantitative estimate of drug-likeness (QED) is 0.798. The molecule has 0 aliphatic carbocycles. The van der Waals surface area contributed by atoms with Crippen LogP contribution in [-0.2, 0) is 19.6 Å². The Bertz CT molecular complexity index is 965. The van der Waals surface area contributed by atoms with Crippen molar-refractivity contribution in [1.29, 1.82) is 5.26 Å². The third-order valence-corrected chi connectivity index (χ3v) is 4.84. The van der Waals surface area contributed by atoms with Crippen LogP contribution in [0.3, 0.4) is 0 Å². The van der Waals surface area contributed by atoms with E-state index in [9.17, 15) is 0 Å². The summed E-state index contributed by atoms with van der Waals surface area (Å²) >= 11 is 0. The predicted molar refractivity (Wildman–Crippen MR) is 93.7 cm³/mol. The van der Waals surface area contributed by atoms with Gasteiger partial charge in [-0.25, -0.2) is 0 Å². The molecule has 0 unspecified atom stereocenters. The second-order valence-electron chi connectivity index (χ2n) is 6.38. The monoisotopic (exact) mass is 317 g/mol. The van der Waals surface area contributed by atoms with Crippen LogP contribution in [0, 0.1) is 18.3 Å². The Kier molecular flexibility index (Phi) is 3.51. The zero-order valence-corrected chi connectivity index (χ0v) is 13.9. The van der Waals surface area contributed by atoms with Gasteiger partial charge in [-0.05, 0) is 47.9 Å². The van der Waals surface area contributed by atoms with Crippen molar-refractivity contribution in [3.8, 4) is 11.8 Å². The standard InChI is InChI=1S/C20H19N3O/c1-13-7-19(24-2)18(17-5-6-22-20(13)17)12-23-10-15-4-3-14(9-21)8-16(15)11-23/h3-8,22H,10-12H2,1-2H3. The topological polar surface area (TPSA) is 52.0 Å². The average molecular weight is 317 g/mol. The number of rotatable bonds is 3. The van der Waals surface area contributed by atoms with Gasteiger partial charge in [0.05, 0.1) is 18.7 Å². The minimum atomic E-state index is 0.733. The van der Waals surface area contributed by atoms with E-state index in [0.29, 0.717) is 0 Å². The van der Waals surface area contributed by atoms with E-state index in [1.54, 1.807) is 7.11 Å². The molecule has 0 amide bonds. The van der Waals surface area contributed by atoms with Crippen molar-refractivity contribution in [2.24, 2.45) is 0 Å². The fourth-order valence-electron chi connectivity index (χ4n) is 3.65. The Labute approximate surface area is 141 Å². The molecule has 0 spiro atoms. The molecule has 1 N–H and O–H groups in total. The van der Waals surface area contributed by atoms with Gasteiger partial charge < -0.3 is 9.72 Å². The minimum Gasteiger partial charge on any atom is -0.496 e. The Morgan fingerprint density at radius 1 is 1.21 bits per heavy atom. The van der Waals surface area contributed by atoms with Crippen molar-refractivity contribution >= 4 is 10.9 Å². The summed E-state index contributed by atoms with van der Waals surface area (Å²) in [5, 5.41) is 10.3. The van der Waals surface area contributed by atoms with E-state index in [-0.39, 0.29) is 0 Å². The molecule has 4 rings (SSSR count). The smallest absolute Gasteiger partial charge is 0.124 e. The number of methoxy groups -OCH3 is 1. The van der Waals surface area contributed by atoms with Crippen molar-refractivity contribution in [3.63, 3.8) is 0 Å². The van der Waals surface area contributed by atoms with E-state index < -0.39 is 0 Å². The molecule has 0 saturated carbocycles. The maximum Gasteiger partial charge on any atom is 0.124 e. The van der Waals surface area contributed by atoms with Gasteiger partial charge in [0.2, 0.25) is 0 Å². The van der Waals surface area contributed by atoms with Gasteiger partial charge in [-0.2, -0.15) is 5.26 Å². The molecule has 1 aromatic heterocycles. The van der Waals surface area contributed by atoms with Crippen LogP contribution in [0.15, 0.2) is 36.5 Å². The third-order valence-electron chi connectivity index (χ3n) is 4.84. The van der Waals surface area contributed by atoms with Crippen LogP contribution in [0.5, 0.6) is 5.75 Å². The fraction of sp³-hybridized carbons (Fsp3) is 0.250. The number of aromatic amines is 1. The number of nitrogens with one attached hydrogen (secondary N) is 1. The highest BCUT2D eigenvalue weighted by atomic mass is 16.5. The number of ether oxygens (including phenoxy) is 1. The lowest BCUT2D eigenvalue weighted by molar-refractivity contribution is 0.271. The number of aryl methyl sites for hydroxylation is 1. The van der Waals surface area contributed by atoms with Crippen LogP contribution in [0.4, 0.5) is 0 Å². The molecule has 0 atom stereocenters. The van der Waals surface area contributed by atoms with Gasteiger partial charge in [-0.15, -0.1) is 0 Å². The van der Waals surface area contributed by atoms with E-state index in [2.05, 4.69) is 41.1 Å². The van der Waals surface area contributed by atoms with Gasteiger partial charge in [0.25, 0.3) is 0 Å². The molecule has 2 aromatic carbocycles. The SMILES string of the molecule is COc1cc(C)c2[nH]ccc2c1CN1Cc2ccc(C#N)cc2C1. The number of aromatic nitrogens is 1. The van der Waals surface area contributed by atoms with Gasteiger partial charge in [-0.1, -0.05) is 6.07 Å². The number of H-pyrrole nitrogens is 1. The lowest BCUT2D eigenvalue weighted by Crippen LogP contribution is -2.16. The Balaban J connectivity index is 1.67. The van der Waals surface area contributed by atoms with Crippen LogP contribution >= 0.6 is 0 Å². The van der Waals surface area contributed by atoms with Crippen LogP contribution in [0.1, 0.15) is 27.8 Å². The minimum absolute atomic E-state index is 0.733. The van der Waals surface area contributed by atoms with Gasteiger partial charge in [0.15, 0.2) is 0 Å². The lowest BCUT2D eigenvalue weighted by atomic mass is 10.0. The number of hydrogen-bond donors (Lipinski definition) is 1. The zero-order valence-electron chi connectivity index (χ0n) is 13.9. The fourth-order valence-corrected chi connectivity index (χ4v) is 3.65. The number of nitriles is 1. The average Bonchev–Trinajstić information content (AvgIpc) is 3.22. The molecule has 120 valence electrons. The highest BCUT2D eigenvalue weighted by Gasteiger charge is 2.22. The summed E-state index contributed by atoms with van der Waals surface area (Å²) in [6.07, 6.45) is 1.98. The van der Waals surface area contributed by atoms with Gasteiger partial charge in [0, 0.05) is 42.3 Å². The number of benzene rings is 2. The van der Waals surface area contributed by atoms with E-state index in [1.807, 2.05) is 18.3 Å². The molecule has 3 aromatic rings. The summed E-state index contributed by atoms with van der Waals surface area (Å²) in [7, 11) is 1.73. The zero-order chi connectivity index (χ0) is 16.7. The van der Waals surface area contributed by atoms with E-state index in [1.165, 1.54) is 33.2 Å². The van der Waals surface area contributed by atoms with E-state index in [4.69, 9.17) is 10.00 Å². The normalized spacial score (nSPS) is 13.9. The Morgan fingerprint density at radius 3 is 2.83 bits per heavy atom. The van der Waals surface area contributed by atoms with Crippen molar-refractivity contribution in [1.82, 2.24) is 9.88 Å². The summed E-state index contributed by atoms with van der Waals surface area (Å²) in [5.41, 5.74) is 6.88. The highest BCUT2D eigenvalue weighted by molar-refractivity contribution is 5.88. The summed E-state index contributed by atoms with van der Waals surface area (Å²) in [6.45, 7) is 4.70. The molecule has 4 heteroatoms. The molecule has 0 radical (unpaired) electrons. The molecular formula is C20H19N3O. The first-order chi connectivity index (χ1) is 11.7. The molecule has 0 fully saturated rings. The highest BCUT2D eigenvalue weighted by Crippen LogP contribution is 2.34. The number of nitrogens with zero attached hydrogens (tertiary/aromatic N) is 2. The molecular weight excluding hydrogens is 298 g/mol. The number of hydrogen-bond acceptors (Lipinski definition) is 3. The van der Waals surface area contributed by atoms with Crippen molar-refractivity contribution in [2.45, 2.75) is 26.6 Å². The van der Waals surface area contributed by atoms with E-state index >= 15 is 0 Å². The van der Waals surface area contributed by atoms with Crippen LogP contribution in [0.2, 0.25) is 0 Å². The molecule has 0 bridgehead atoms. The molecule has 1 aliphatic heterocycles.